The van der Waals surface area contributed by atoms with Gasteiger partial charge in [-0.05, 0) is 12.1 Å². The fourth-order valence-corrected chi connectivity index (χ4v) is 1.53. The highest BCUT2D eigenvalue weighted by Crippen LogP contribution is 2.10. The lowest BCUT2D eigenvalue weighted by molar-refractivity contribution is 0.753. The predicted molar refractivity (Wildman–Crippen MR) is 57.3 cm³/mol. The molecule has 1 N–H and O–H groups in total. The molecular weight excluding hydrogens is 206 g/mol. The second-order valence-corrected chi connectivity index (χ2v) is 3.27. The van der Waals surface area contributed by atoms with E-state index in [0.717, 1.165) is 5.69 Å². The summed E-state index contributed by atoms with van der Waals surface area (Å²) in [5.74, 6) is 0. The van der Waals surface area contributed by atoms with Crippen LogP contribution in [0.15, 0.2) is 41.3 Å². The summed E-state index contributed by atoms with van der Waals surface area (Å²) in [6.45, 7) is 0. The number of fused-ring (bicyclic) bond motifs is 1. The van der Waals surface area contributed by atoms with Crippen molar-refractivity contribution in [3.05, 3.63) is 46.9 Å². The topological polar surface area (TPSA) is 76.5 Å². The summed E-state index contributed by atoms with van der Waals surface area (Å²) < 4.78 is 1.55. The van der Waals surface area contributed by atoms with Crippen molar-refractivity contribution in [2.75, 3.05) is 0 Å². The summed E-state index contributed by atoms with van der Waals surface area (Å²) in [5, 5.41) is 14.4. The monoisotopic (exact) mass is 213 g/mol. The number of hydrogen-bond donors (Lipinski definition) is 1. The first-order chi connectivity index (χ1) is 7.86. The van der Waals surface area contributed by atoms with Crippen LogP contribution < -0.4 is 5.56 Å². The first-order valence-corrected chi connectivity index (χ1v) is 4.71. The van der Waals surface area contributed by atoms with Crippen molar-refractivity contribution in [1.82, 2.24) is 25.2 Å². The zero-order chi connectivity index (χ0) is 11.0. The normalized spacial score (nSPS) is 10.8. The van der Waals surface area contributed by atoms with Gasteiger partial charge >= 0.3 is 5.56 Å². The van der Waals surface area contributed by atoms with Crippen LogP contribution in [0, 0.1) is 0 Å². The molecule has 6 nitrogen and oxygen atoms in total. The molecule has 2 aromatic heterocycles. The Morgan fingerprint density at radius 3 is 2.81 bits per heavy atom. The number of nitrogens with zero attached hydrogens (tertiary/aromatic N) is 4. The summed E-state index contributed by atoms with van der Waals surface area (Å²) in [6, 6.07) is 9.43. The molecule has 16 heavy (non-hydrogen) atoms. The molecule has 0 amide bonds. The molecule has 3 rings (SSSR count). The van der Waals surface area contributed by atoms with Gasteiger partial charge in [-0.15, -0.1) is 0 Å². The van der Waals surface area contributed by atoms with Crippen LogP contribution in [-0.2, 0) is 0 Å². The first-order valence-electron chi connectivity index (χ1n) is 4.71. The van der Waals surface area contributed by atoms with Crippen molar-refractivity contribution in [2.24, 2.45) is 0 Å². The van der Waals surface area contributed by atoms with E-state index in [2.05, 4.69) is 20.5 Å². The van der Waals surface area contributed by atoms with E-state index in [1.54, 1.807) is 4.68 Å². The van der Waals surface area contributed by atoms with Gasteiger partial charge in [0.2, 0.25) is 0 Å². The van der Waals surface area contributed by atoms with Gasteiger partial charge in [0.1, 0.15) is 5.39 Å². The smallest absolute Gasteiger partial charge is 0.265 e. The summed E-state index contributed by atoms with van der Waals surface area (Å²) in [4.78, 5) is 11.4. The maximum Gasteiger partial charge on any atom is 0.302 e. The van der Waals surface area contributed by atoms with Gasteiger partial charge in [0.05, 0.1) is 11.9 Å². The Morgan fingerprint density at radius 1 is 1.19 bits per heavy atom. The average Bonchev–Trinajstić information content (AvgIpc) is 2.81. The molecule has 1 aromatic carbocycles. The fraction of sp³-hybridized carbons (Fsp3) is 0. The molecule has 0 saturated carbocycles. The number of para-hydroxylation sites is 1. The van der Waals surface area contributed by atoms with E-state index in [4.69, 9.17) is 0 Å². The predicted octanol–water partition coefficient (Wildman–Crippen LogP) is 0.504. The van der Waals surface area contributed by atoms with Gasteiger partial charge in [-0.3, -0.25) is 9.89 Å². The van der Waals surface area contributed by atoms with E-state index in [9.17, 15) is 4.79 Å². The first kappa shape index (κ1) is 8.78. The van der Waals surface area contributed by atoms with Crippen molar-refractivity contribution < 1.29 is 0 Å². The Bertz CT molecular complexity index is 685. The van der Waals surface area contributed by atoms with Crippen LogP contribution in [0.4, 0.5) is 0 Å². The van der Waals surface area contributed by atoms with E-state index in [0.29, 0.717) is 11.0 Å². The number of benzene rings is 1. The molecule has 0 saturated heterocycles. The van der Waals surface area contributed by atoms with Gasteiger partial charge in [0.15, 0.2) is 5.65 Å². The third-order valence-electron chi connectivity index (χ3n) is 2.29. The number of aromatic amines is 1. The zero-order valence-corrected chi connectivity index (χ0v) is 8.16. The lowest BCUT2D eigenvalue weighted by Gasteiger charge is -2.03. The van der Waals surface area contributed by atoms with Crippen LogP contribution in [0.1, 0.15) is 0 Å². The molecule has 0 bridgehead atoms. The van der Waals surface area contributed by atoms with Crippen molar-refractivity contribution in [3.8, 4) is 5.69 Å². The molecule has 0 aliphatic rings. The van der Waals surface area contributed by atoms with Crippen LogP contribution in [0.25, 0.3) is 16.7 Å². The van der Waals surface area contributed by atoms with E-state index in [1.165, 1.54) is 6.20 Å². The molecule has 0 unspecified atom stereocenters. The van der Waals surface area contributed by atoms with Gasteiger partial charge in [-0.25, -0.2) is 0 Å². The maximum atomic E-state index is 11.4. The quantitative estimate of drug-likeness (QED) is 0.638. The summed E-state index contributed by atoms with van der Waals surface area (Å²) in [5.41, 5.74) is 0.992. The maximum absolute atomic E-state index is 11.4. The second kappa shape index (κ2) is 3.27. The van der Waals surface area contributed by atoms with Crippen molar-refractivity contribution in [1.29, 1.82) is 0 Å². The Morgan fingerprint density at radius 2 is 2.00 bits per heavy atom. The minimum atomic E-state index is -0.379. The second-order valence-electron chi connectivity index (χ2n) is 3.27. The number of rotatable bonds is 1. The van der Waals surface area contributed by atoms with E-state index in [1.807, 2.05) is 30.3 Å². The van der Waals surface area contributed by atoms with E-state index >= 15 is 0 Å². The third-order valence-corrected chi connectivity index (χ3v) is 2.29. The van der Waals surface area contributed by atoms with Gasteiger partial charge < -0.3 is 0 Å². The van der Waals surface area contributed by atoms with Crippen molar-refractivity contribution in [3.63, 3.8) is 0 Å². The van der Waals surface area contributed by atoms with Crippen LogP contribution in [-0.4, -0.2) is 25.2 Å². The molecule has 0 spiro atoms. The highest BCUT2D eigenvalue weighted by molar-refractivity contribution is 5.73. The Kier molecular flexibility index (Phi) is 1.79. The number of H-pyrrole nitrogens is 1. The van der Waals surface area contributed by atoms with Crippen LogP contribution in [0.2, 0.25) is 0 Å². The standard InChI is InChI=1S/C10H7N5O/c16-10-8-6-11-12-9(8)15(14-13-10)7-4-2-1-3-5-7/h1-6H,(H,11,12). The number of nitrogens with one attached hydrogen (secondary N) is 1. The highest BCUT2D eigenvalue weighted by atomic mass is 16.1. The molecule has 0 radical (unpaired) electrons. The SMILES string of the molecule is O=c1nnn(-c2ccccc2)c2[nH]ncc12. The van der Waals surface area contributed by atoms with E-state index < -0.39 is 0 Å². The third kappa shape index (κ3) is 1.20. The number of aromatic nitrogens is 5. The fourth-order valence-electron chi connectivity index (χ4n) is 1.53. The Balaban J connectivity index is 2.37. The molecule has 0 fully saturated rings. The molecule has 6 heteroatoms. The van der Waals surface area contributed by atoms with Crippen molar-refractivity contribution >= 4 is 11.0 Å². The zero-order valence-electron chi connectivity index (χ0n) is 8.16. The Labute approximate surface area is 89.5 Å². The summed E-state index contributed by atoms with van der Waals surface area (Å²) in [6.07, 6.45) is 1.45. The minimum Gasteiger partial charge on any atom is -0.265 e. The van der Waals surface area contributed by atoms with Gasteiger partial charge in [-0.1, -0.05) is 28.5 Å². The van der Waals surface area contributed by atoms with Crippen LogP contribution in [0.3, 0.4) is 0 Å². The van der Waals surface area contributed by atoms with Gasteiger partial charge in [0, 0.05) is 0 Å². The number of hydrogen-bond acceptors (Lipinski definition) is 4. The molecule has 2 heterocycles. The summed E-state index contributed by atoms with van der Waals surface area (Å²) >= 11 is 0. The van der Waals surface area contributed by atoms with Gasteiger partial charge in [-0.2, -0.15) is 9.78 Å². The molecule has 3 aromatic rings. The molecular formula is C10H7N5O. The Hall–Kier alpha value is -2.50. The van der Waals surface area contributed by atoms with E-state index in [-0.39, 0.29) is 5.56 Å². The largest absolute Gasteiger partial charge is 0.302 e. The van der Waals surface area contributed by atoms with Crippen LogP contribution >= 0.6 is 0 Å². The lowest BCUT2D eigenvalue weighted by Crippen LogP contribution is -2.15. The molecule has 0 aliphatic heterocycles. The summed E-state index contributed by atoms with van der Waals surface area (Å²) in [7, 11) is 0. The molecule has 0 atom stereocenters. The minimum absolute atomic E-state index is 0.379. The van der Waals surface area contributed by atoms with Gasteiger partial charge in [0.25, 0.3) is 0 Å². The average molecular weight is 213 g/mol. The molecule has 78 valence electrons. The van der Waals surface area contributed by atoms with Crippen molar-refractivity contribution in [2.45, 2.75) is 0 Å². The molecule has 0 aliphatic carbocycles. The van der Waals surface area contributed by atoms with Crippen LogP contribution in [0.5, 0.6) is 0 Å². The lowest BCUT2D eigenvalue weighted by atomic mass is 10.3. The highest BCUT2D eigenvalue weighted by Gasteiger charge is 2.07.